The lowest BCUT2D eigenvalue weighted by atomic mass is 9.97. The molecular formula is C23H25N3O2S. The van der Waals surface area contributed by atoms with Gasteiger partial charge in [-0.15, -0.1) is 11.3 Å². The van der Waals surface area contributed by atoms with Crippen molar-refractivity contribution in [1.82, 2.24) is 15.2 Å². The van der Waals surface area contributed by atoms with E-state index in [0.717, 1.165) is 29.5 Å². The van der Waals surface area contributed by atoms with Gasteiger partial charge in [0.1, 0.15) is 0 Å². The van der Waals surface area contributed by atoms with Crippen molar-refractivity contribution in [1.29, 1.82) is 0 Å². The summed E-state index contributed by atoms with van der Waals surface area (Å²) >= 11 is 1.76. The fraction of sp³-hybridized carbons (Fsp3) is 0.348. The second-order valence-electron chi connectivity index (χ2n) is 7.73. The first-order chi connectivity index (χ1) is 14.0. The van der Waals surface area contributed by atoms with E-state index in [0.29, 0.717) is 24.6 Å². The van der Waals surface area contributed by atoms with Gasteiger partial charge in [-0.2, -0.15) is 0 Å². The van der Waals surface area contributed by atoms with Crippen molar-refractivity contribution in [3.63, 3.8) is 0 Å². The molecule has 1 saturated heterocycles. The molecule has 1 fully saturated rings. The third kappa shape index (κ3) is 4.48. The molecule has 3 aromatic rings. The largest absolute Gasteiger partial charge is 0.343 e. The molecule has 1 aliphatic heterocycles. The number of benzene rings is 2. The van der Waals surface area contributed by atoms with E-state index in [-0.39, 0.29) is 18.4 Å². The van der Waals surface area contributed by atoms with E-state index in [9.17, 15) is 9.59 Å². The first-order valence-corrected chi connectivity index (χ1v) is 10.8. The normalized spacial score (nSPS) is 14.9. The van der Waals surface area contributed by atoms with Crippen molar-refractivity contribution in [3.05, 3.63) is 64.2 Å². The number of rotatable bonds is 4. The smallest absolute Gasteiger partial charge is 0.251 e. The van der Waals surface area contributed by atoms with Crippen LogP contribution >= 0.6 is 11.3 Å². The monoisotopic (exact) mass is 407 g/mol. The highest BCUT2D eigenvalue weighted by molar-refractivity contribution is 7.18. The number of piperidine rings is 1. The summed E-state index contributed by atoms with van der Waals surface area (Å²) in [6.45, 7) is 5.38. The standard InChI is InChI=1S/C23H25N3O2S/c1-15-11-16(2)13-18(12-15)22(28)24-14-21(27)26-9-7-17(8-10-26)23-25-19-5-3-4-6-20(19)29-23/h3-6,11-13,17H,7-10,14H2,1-2H3,(H,24,28). The predicted octanol–water partition coefficient (Wildman–Crippen LogP) is 4.05. The van der Waals surface area contributed by atoms with Gasteiger partial charge in [-0.1, -0.05) is 29.3 Å². The quantitative estimate of drug-likeness (QED) is 0.710. The van der Waals surface area contributed by atoms with E-state index in [4.69, 9.17) is 4.98 Å². The highest BCUT2D eigenvalue weighted by Crippen LogP contribution is 2.33. The molecule has 2 amide bonds. The fourth-order valence-corrected chi connectivity index (χ4v) is 5.05. The van der Waals surface area contributed by atoms with Crippen LogP contribution in [0.4, 0.5) is 0 Å². The lowest BCUT2D eigenvalue weighted by molar-refractivity contribution is -0.131. The highest BCUT2D eigenvalue weighted by Gasteiger charge is 2.26. The molecule has 0 atom stereocenters. The molecule has 2 heterocycles. The average molecular weight is 408 g/mol. The number of aryl methyl sites for hydroxylation is 2. The Balaban J connectivity index is 1.30. The maximum absolute atomic E-state index is 12.5. The second-order valence-corrected chi connectivity index (χ2v) is 8.80. The van der Waals surface area contributed by atoms with Crippen LogP contribution in [0.3, 0.4) is 0 Å². The number of para-hydroxylation sites is 1. The zero-order chi connectivity index (χ0) is 20.4. The van der Waals surface area contributed by atoms with Crippen molar-refractivity contribution in [2.75, 3.05) is 19.6 Å². The van der Waals surface area contributed by atoms with Crippen molar-refractivity contribution in [2.24, 2.45) is 0 Å². The summed E-state index contributed by atoms with van der Waals surface area (Å²) in [5, 5.41) is 3.94. The first-order valence-electron chi connectivity index (χ1n) is 9.99. The Bertz CT molecular complexity index is 998. The topological polar surface area (TPSA) is 62.3 Å². The first kappa shape index (κ1) is 19.6. The average Bonchev–Trinajstić information content (AvgIpc) is 3.15. The van der Waals surface area contributed by atoms with Crippen molar-refractivity contribution in [2.45, 2.75) is 32.6 Å². The van der Waals surface area contributed by atoms with Gasteiger partial charge in [0.05, 0.1) is 21.8 Å². The molecule has 2 aromatic carbocycles. The van der Waals surface area contributed by atoms with Crippen LogP contribution in [0.5, 0.6) is 0 Å². The van der Waals surface area contributed by atoms with Crippen LogP contribution in [0.2, 0.25) is 0 Å². The summed E-state index contributed by atoms with van der Waals surface area (Å²) in [7, 11) is 0. The zero-order valence-electron chi connectivity index (χ0n) is 16.8. The molecule has 29 heavy (non-hydrogen) atoms. The highest BCUT2D eigenvalue weighted by atomic mass is 32.1. The number of carbonyl (C=O) groups is 2. The number of carbonyl (C=O) groups excluding carboxylic acids is 2. The van der Waals surface area contributed by atoms with E-state index in [1.807, 2.05) is 55.1 Å². The number of nitrogens with one attached hydrogen (secondary N) is 1. The Morgan fingerprint density at radius 1 is 1.10 bits per heavy atom. The van der Waals surface area contributed by atoms with E-state index >= 15 is 0 Å². The minimum atomic E-state index is -0.200. The lowest BCUT2D eigenvalue weighted by Crippen LogP contribution is -2.43. The Morgan fingerprint density at radius 3 is 2.48 bits per heavy atom. The number of nitrogens with zero attached hydrogens (tertiary/aromatic N) is 2. The van der Waals surface area contributed by atoms with E-state index < -0.39 is 0 Å². The van der Waals surface area contributed by atoms with Gasteiger partial charge in [-0.25, -0.2) is 4.98 Å². The third-order valence-electron chi connectivity index (χ3n) is 5.39. The number of amides is 2. The SMILES string of the molecule is Cc1cc(C)cc(C(=O)NCC(=O)N2CCC(c3nc4ccccc4s3)CC2)c1. The van der Waals surface area contributed by atoms with Gasteiger partial charge in [-0.3, -0.25) is 9.59 Å². The molecule has 1 aliphatic rings. The molecule has 4 rings (SSSR count). The van der Waals surface area contributed by atoms with Crippen LogP contribution in [0.15, 0.2) is 42.5 Å². The van der Waals surface area contributed by atoms with Crippen molar-refractivity contribution in [3.8, 4) is 0 Å². The summed E-state index contributed by atoms with van der Waals surface area (Å²) in [4.78, 5) is 31.5. The Morgan fingerprint density at radius 2 is 1.79 bits per heavy atom. The van der Waals surface area contributed by atoms with Gasteiger partial charge in [0.15, 0.2) is 0 Å². The van der Waals surface area contributed by atoms with Gasteiger partial charge >= 0.3 is 0 Å². The molecule has 150 valence electrons. The molecule has 0 saturated carbocycles. The van der Waals surface area contributed by atoms with E-state index in [1.165, 1.54) is 9.71 Å². The molecule has 0 unspecified atom stereocenters. The fourth-order valence-electron chi connectivity index (χ4n) is 3.92. The van der Waals surface area contributed by atoms with E-state index in [1.54, 1.807) is 11.3 Å². The van der Waals surface area contributed by atoms with Crippen LogP contribution in [-0.4, -0.2) is 41.3 Å². The number of fused-ring (bicyclic) bond motifs is 1. The van der Waals surface area contributed by atoms with Crippen molar-refractivity contribution < 1.29 is 9.59 Å². The number of hydrogen-bond acceptors (Lipinski definition) is 4. The minimum absolute atomic E-state index is 0.0227. The van der Waals surface area contributed by atoms with Gasteiger partial charge in [0, 0.05) is 24.6 Å². The maximum atomic E-state index is 12.5. The molecule has 5 nitrogen and oxygen atoms in total. The minimum Gasteiger partial charge on any atom is -0.343 e. The Hall–Kier alpha value is -2.73. The Labute approximate surface area is 174 Å². The molecule has 0 bridgehead atoms. The van der Waals surface area contributed by atoms with Crippen LogP contribution < -0.4 is 5.32 Å². The van der Waals surface area contributed by atoms with Crippen LogP contribution in [-0.2, 0) is 4.79 Å². The molecule has 0 radical (unpaired) electrons. The van der Waals surface area contributed by atoms with Crippen LogP contribution in [0, 0.1) is 13.8 Å². The summed E-state index contributed by atoms with van der Waals surface area (Å²) in [5.41, 5.74) is 3.74. The van der Waals surface area contributed by atoms with Crippen molar-refractivity contribution >= 4 is 33.4 Å². The second kappa shape index (κ2) is 8.33. The molecule has 0 spiro atoms. The van der Waals surface area contributed by atoms with Crippen LogP contribution in [0.1, 0.15) is 45.3 Å². The van der Waals surface area contributed by atoms with Gasteiger partial charge in [0.25, 0.3) is 5.91 Å². The third-order valence-corrected chi connectivity index (χ3v) is 6.59. The lowest BCUT2D eigenvalue weighted by Gasteiger charge is -2.31. The number of hydrogen-bond donors (Lipinski definition) is 1. The summed E-state index contributed by atoms with van der Waals surface area (Å²) in [5.74, 6) is 0.182. The summed E-state index contributed by atoms with van der Waals surface area (Å²) < 4.78 is 1.22. The summed E-state index contributed by atoms with van der Waals surface area (Å²) in [6, 6.07) is 13.9. The van der Waals surface area contributed by atoms with E-state index in [2.05, 4.69) is 11.4 Å². The van der Waals surface area contributed by atoms with Gasteiger partial charge < -0.3 is 10.2 Å². The predicted molar refractivity (Wildman–Crippen MR) is 116 cm³/mol. The zero-order valence-corrected chi connectivity index (χ0v) is 17.6. The van der Waals surface area contributed by atoms with Gasteiger partial charge in [0.2, 0.25) is 5.91 Å². The molecule has 6 heteroatoms. The van der Waals surface area contributed by atoms with Gasteiger partial charge in [-0.05, 0) is 51.0 Å². The Kier molecular flexibility index (Phi) is 5.62. The molecular weight excluding hydrogens is 382 g/mol. The molecule has 0 aliphatic carbocycles. The maximum Gasteiger partial charge on any atom is 0.251 e. The molecule has 1 N–H and O–H groups in total. The number of likely N-dealkylation sites (tertiary alicyclic amines) is 1. The van der Waals surface area contributed by atoms with Crippen LogP contribution in [0.25, 0.3) is 10.2 Å². The number of thiazole rings is 1. The molecule has 1 aromatic heterocycles. The number of aromatic nitrogens is 1. The summed E-state index contributed by atoms with van der Waals surface area (Å²) in [6.07, 6.45) is 1.83.